The van der Waals surface area contributed by atoms with Crippen molar-refractivity contribution in [2.45, 2.75) is 24.5 Å². The van der Waals surface area contributed by atoms with Crippen molar-refractivity contribution >= 4 is 17.7 Å². The molecule has 0 aliphatic rings. The highest BCUT2D eigenvalue weighted by Gasteiger charge is 2.14. The zero-order valence-electron chi connectivity index (χ0n) is 9.15. The first kappa shape index (κ1) is 14.0. The summed E-state index contributed by atoms with van der Waals surface area (Å²) in [4.78, 5) is 11.5. The third-order valence-corrected chi connectivity index (χ3v) is 2.59. The topological polar surface area (TPSA) is 62.5 Å². The van der Waals surface area contributed by atoms with Gasteiger partial charge in [-0.05, 0) is 19.1 Å². The Balaban J connectivity index is 2.52. The summed E-state index contributed by atoms with van der Waals surface area (Å²) in [5.74, 6) is -2.56. The Morgan fingerprint density at radius 3 is 2.88 bits per heavy atom. The number of carbonyl (C=O) groups excluding carboxylic acids is 1. The number of halogens is 2. The predicted molar refractivity (Wildman–Crippen MR) is 60.0 cm³/mol. The second-order valence-corrected chi connectivity index (χ2v) is 4.37. The number of carbonyl (C=O) groups is 1. The molecule has 96 valence electrons. The number of nitrogens with one attached hydrogen (secondary N) is 1. The monoisotopic (exact) mass is 265 g/mol. The standard InChI is InChI=1S/C10H13F2NO3S/c1-6(4-14)13-9(15)8-3-2-7(16-8)5-17-10(11)12/h2-3,6,10,14H,4-5H2,1H3,(H,13,15). The average Bonchev–Trinajstić information content (AvgIpc) is 2.74. The molecule has 0 bridgehead atoms. The average molecular weight is 265 g/mol. The van der Waals surface area contributed by atoms with Gasteiger partial charge in [0.1, 0.15) is 5.76 Å². The Bertz CT molecular complexity index is 370. The van der Waals surface area contributed by atoms with Gasteiger partial charge in [-0.3, -0.25) is 4.79 Å². The summed E-state index contributed by atoms with van der Waals surface area (Å²) >= 11 is 0.429. The SMILES string of the molecule is CC(CO)NC(=O)c1ccc(CSC(F)F)o1. The van der Waals surface area contributed by atoms with Crippen LogP contribution in [0.1, 0.15) is 23.2 Å². The van der Waals surface area contributed by atoms with Crippen LogP contribution in [-0.4, -0.2) is 29.4 Å². The minimum atomic E-state index is -2.47. The molecular formula is C10H13F2NO3S. The van der Waals surface area contributed by atoms with E-state index in [1.165, 1.54) is 12.1 Å². The van der Waals surface area contributed by atoms with E-state index in [-0.39, 0.29) is 24.2 Å². The van der Waals surface area contributed by atoms with Gasteiger partial charge in [0, 0.05) is 6.04 Å². The van der Waals surface area contributed by atoms with Crippen molar-refractivity contribution in [3.05, 3.63) is 23.7 Å². The highest BCUT2D eigenvalue weighted by atomic mass is 32.2. The zero-order valence-corrected chi connectivity index (χ0v) is 9.97. The van der Waals surface area contributed by atoms with Crippen molar-refractivity contribution in [2.75, 3.05) is 6.61 Å². The molecule has 2 N–H and O–H groups in total. The molecule has 1 aromatic heterocycles. The van der Waals surface area contributed by atoms with E-state index in [2.05, 4.69) is 5.32 Å². The van der Waals surface area contributed by atoms with Crippen LogP contribution in [0.5, 0.6) is 0 Å². The van der Waals surface area contributed by atoms with Crippen molar-refractivity contribution in [2.24, 2.45) is 0 Å². The van der Waals surface area contributed by atoms with Crippen LogP contribution in [0.3, 0.4) is 0 Å². The van der Waals surface area contributed by atoms with Crippen molar-refractivity contribution in [1.82, 2.24) is 5.32 Å². The Kier molecular flexibility index (Phi) is 5.43. The fourth-order valence-electron chi connectivity index (χ4n) is 1.06. The van der Waals surface area contributed by atoms with Crippen molar-refractivity contribution in [1.29, 1.82) is 0 Å². The molecule has 17 heavy (non-hydrogen) atoms. The molecule has 0 fully saturated rings. The maximum Gasteiger partial charge on any atom is 0.287 e. The number of aliphatic hydroxyl groups excluding tert-OH is 1. The van der Waals surface area contributed by atoms with Gasteiger partial charge in [0.05, 0.1) is 12.4 Å². The van der Waals surface area contributed by atoms with Gasteiger partial charge in [-0.15, -0.1) is 0 Å². The maximum atomic E-state index is 11.9. The first-order valence-electron chi connectivity index (χ1n) is 4.93. The maximum absolute atomic E-state index is 11.9. The first-order chi connectivity index (χ1) is 8.02. The smallest absolute Gasteiger partial charge is 0.287 e. The fraction of sp³-hybridized carbons (Fsp3) is 0.500. The number of amides is 1. The van der Waals surface area contributed by atoms with Crippen LogP contribution in [0.25, 0.3) is 0 Å². The predicted octanol–water partition coefficient (Wildman–Crippen LogP) is 1.85. The molecule has 0 radical (unpaired) electrons. The minimum Gasteiger partial charge on any atom is -0.455 e. The zero-order chi connectivity index (χ0) is 12.8. The minimum absolute atomic E-state index is 0.0144. The number of rotatable bonds is 6. The van der Waals surface area contributed by atoms with Gasteiger partial charge in [0.25, 0.3) is 11.7 Å². The van der Waals surface area contributed by atoms with Crippen LogP contribution >= 0.6 is 11.8 Å². The van der Waals surface area contributed by atoms with Crippen LogP contribution in [-0.2, 0) is 5.75 Å². The van der Waals surface area contributed by atoms with Gasteiger partial charge in [-0.2, -0.15) is 8.78 Å². The van der Waals surface area contributed by atoms with Crippen molar-refractivity contribution < 1.29 is 23.1 Å². The van der Waals surface area contributed by atoms with Crippen LogP contribution in [0.2, 0.25) is 0 Å². The summed E-state index contributed by atoms with van der Waals surface area (Å²) in [6.07, 6.45) is 0. The van der Waals surface area contributed by atoms with Gasteiger partial charge in [0.15, 0.2) is 5.76 Å². The third kappa shape index (κ3) is 4.74. The molecule has 1 heterocycles. The Morgan fingerprint density at radius 1 is 1.59 bits per heavy atom. The number of hydrogen-bond acceptors (Lipinski definition) is 4. The normalized spacial score (nSPS) is 12.8. The molecule has 1 unspecified atom stereocenters. The molecule has 0 saturated heterocycles. The molecule has 7 heteroatoms. The second kappa shape index (κ2) is 6.61. The van der Waals surface area contributed by atoms with E-state index in [1.54, 1.807) is 6.92 Å². The van der Waals surface area contributed by atoms with E-state index >= 15 is 0 Å². The number of aliphatic hydroxyl groups is 1. The highest BCUT2D eigenvalue weighted by Crippen LogP contribution is 2.21. The van der Waals surface area contributed by atoms with Crippen LogP contribution in [0.15, 0.2) is 16.5 Å². The van der Waals surface area contributed by atoms with Crippen LogP contribution in [0, 0.1) is 0 Å². The van der Waals surface area contributed by atoms with Gasteiger partial charge in [-0.25, -0.2) is 0 Å². The van der Waals surface area contributed by atoms with Gasteiger partial charge >= 0.3 is 0 Å². The third-order valence-electron chi connectivity index (χ3n) is 1.89. The van der Waals surface area contributed by atoms with E-state index in [0.717, 1.165) is 0 Å². The summed E-state index contributed by atoms with van der Waals surface area (Å²) in [6, 6.07) is 2.51. The Labute approximate surface area is 101 Å². The molecule has 1 atom stereocenters. The Morgan fingerprint density at radius 2 is 2.29 bits per heavy atom. The molecular weight excluding hydrogens is 252 g/mol. The summed E-state index contributed by atoms with van der Waals surface area (Å²) in [7, 11) is 0. The van der Waals surface area contributed by atoms with E-state index in [4.69, 9.17) is 9.52 Å². The van der Waals surface area contributed by atoms with Crippen LogP contribution in [0.4, 0.5) is 8.78 Å². The lowest BCUT2D eigenvalue weighted by atomic mass is 10.3. The van der Waals surface area contributed by atoms with Crippen LogP contribution < -0.4 is 5.32 Å². The molecule has 0 saturated carbocycles. The molecule has 4 nitrogen and oxygen atoms in total. The summed E-state index contributed by atoms with van der Waals surface area (Å²) in [5, 5.41) is 11.2. The largest absolute Gasteiger partial charge is 0.455 e. The lowest BCUT2D eigenvalue weighted by molar-refractivity contribution is 0.0893. The lowest BCUT2D eigenvalue weighted by Crippen LogP contribution is -2.34. The number of furan rings is 1. The summed E-state index contributed by atoms with van der Waals surface area (Å²) in [6.45, 7) is 1.45. The number of hydrogen-bond donors (Lipinski definition) is 2. The quantitative estimate of drug-likeness (QED) is 0.824. The number of alkyl halides is 2. The van der Waals surface area contributed by atoms with Gasteiger partial charge in [-0.1, -0.05) is 11.8 Å². The molecule has 1 aromatic rings. The number of thioether (sulfide) groups is 1. The molecule has 0 aliphatic heterocycles. The molecule has 0 aliphatic carbocycles. The van der Waals surface area contributed by atoms with E-state index in [0.29, 0.717) is 17.5 Å². The first-order valence-corrected chi connectivity index (χ1v) is 5.98. The van der Waals surface area contributed by atoms with Crippen molar-refractivity contribution in [3.63, 3.8) is 0 Å². The fourth-order valence-corrected chi connectivity index (χ4v) is 1.51. The molecule has 0 aromatic carbocycles. The van der Waals surface area contributed by atoms with Gasteiger partial charge in [0.2, 0.25) is 0 Å². The molecule has 1 rings (SSSR count). The second-order valence-electron chi connectivity index (χ2n) is 3.39. The van der Waals surface area contributed by atoms with Gasteiger partial charge < -0.3 is 14.8 Å². The molecule has 1 amide bonds. The van der Waals surface area contributed by atoms with E-state index in [9.17, 15) is 13.6 Å². The summed E-state index contributed by atoms with van der Waals surface area (Å²) in [5.41, 5.74) is 0. The van der Waals surface area contributed by atoms with Crippen molar-refractivity contribution in [3.8, 4) is 0 Å². The molecule has 0 spiro atoms. The Hall–Kier alpha value is -1.08. The summed E-state index contributed by atoms with van der Waals surface area (Å²) < 4.78 is 28.9. The lowest BCUT2D eigenvalue weighted by Gasteiger charge is -2.08. The van der Waals surface area contributed by atoms with E-state index in [1.807, 2.05) is 0 Å². The highest BCUT2D eigenvalue weighted by molar-refractivity contribution is 7.98. The van der Waals surface area contributed by atoms with E-state index < -0.39 is 11.7 Å².